The third-order valence-electron chi connectivity index (χ3n) is 3.77. The Balaban J connectivity index is 1.80. The summed E-state index contributed by atoms with van der Waals surface area (Å²) in [5.41, 5.74) is 2.66. The minimum atomic E-state index is -0.234. The Morgan fingerprint density at radius 2 is 2.20 bits per heavy atom. The van der Waals surface area contributed by atoms with Crippen molar-refractivity contribution in [3.8, 4) is 0 Å². The van der Waals surface area contributed by atoms with Crippen molar-refractivity contribution in [2.24, 2.45) is 0 Å². The Morgan fingerprint density at radius 3 is 2.80 bits per heavy atom. The first-order valence-corrected chi connectivity index (χ1v) is 7.18. The summed E-state index contributed by atoms with van der Waals surface area (Å²) in [4.78, 5) is 9.67. The van der Waals surface area contributed by atoms with Crippen LogP contribution in [0, 0.1) is 12.7 Å². The standard InChI is InChI=1S/C15H17ClFN3/c1-10-15(19-9-18-10)8-20(11-5-6-11)7-12-13(16)3-2-4-14(12)17/h2-4,9,11H,5-8H2,1H3,(H,18,19). The molecule has 1 N–H and O–H groups in total. The molecular formula is C15H17ClFN3. The molecule has 106 valence electrons. The van der Waals surface area contributed by atoms with Crippen LogP contribution in [0.25, 0.3) is 0 Å². The van der Waals surface area contributed by atoms with E-state index in [1.807, 2.05) is 6.92 Å². The summed E-state index contributed by atoms with van der Waals surface area (Å²) < 4.78 is 13.9. The van der Waals surface area contributed by atoms with Gasteiger partial charge in [0.1, 0.15) is 5.82 Å². The van der Waals surface area contributed by atoms with Crippen molar-refractivity contribution >= 4 is 11.6 Å². The number of halogens is 2. The lowest BCUT2D eigenvalue weighted by Gasteiger charge is -2.22. The lowest BCUT2D eigenvalue weighted by Crippen LogP contribution is -2.26. The molecule has 20 heavy (non-hydrogen) atoms. The molecule has 1 fully saturated rings. The molecule has 0 spiro atoms. The van der Waals surface area contributed by atoms with Gasteiger partial charge in [0.05, 0.1) is 12.0 Å². The first kappa shape index (κ1) is 13.6. The number of hydrogen-bond donors (Lipinski definition) is 1. The predicted octanol–water partition coefficient (Wildman–Crippen LogP) is 3.68. The number of imidazole rings is 1. The van der Waals surface area contributed by atoms with Gasteiger partial charge in [-0.25, -0.2) is 9.37 Å². The van der Waals surface area contributed by atoms with Crippen molar-refractivity contribution in [2.75, 3.05) is 0 Å². The molecule has 0 atom stereocenters. The molecule has 5 heteroatoms. The Morgan fingerprint density at radius 1 is 1.40 bits per heavy atom. The lowest BCUT2D eigenvalue weighted by atomic mass is 10.2. The van der Waals surface area contributed by atoms with E-state index in [0.29, 0.717) is 23.2 Å². The van der Waals surface area contributed by atoms with E-state index in [9.17, 15) is 4.39 Å². The van der Waals surface area contributed by atoms with E-state index in [4.69, 9.17) is 11.6 Å². The average molecular weight is 294 g/mol. The molecule has 0 unspecified atom stereocenters. The fourth-order valence-electron chi connectivity index (χ4n) is 2.38. The summed E-state index contributed by atoms with van der Waals surface area (Å²) in [5.74, 6) is -0.234. The van der Waals surface area contributed by atoms with Crippen molar-refractivity contribution < 1.29 is 4.39 Å². The first-order chi connectivity index (χ1) is 9.65. The number of aryl methyl sites for hydroxylation is 1. The van der Waals surface area contributed by atoms with Gasteiger partial charge in [-0.1, -0.05) is 17.7 Å². The highest BCUT2D eigenvalue weighted by molar-refractivity contribution is 6.31. The van der Waals surface area contributed by atoms with E-state index in [1.165, 1.54) is 6.07 Å². The molecule has 0 saturated heterocycles. The second-order valence-electron chi connectivity index (χ2n) is 5.31. The maximum absolute atomic E-state index is 13.9. The summed E-state index contributed by atoms with van der Waals surface area (Å²) in [6, 6.07) is 5.36. The van der Waals surface area contributed by atoms with Crippen LogP contribution < -0.4 is 0 Å². The highest BCUT2D eigenvalue weighted by atomic mass is 35.5. The SMILES string of the molecule is Cc1[nH]cnc1CN(Cc1c(F)cccc1Cl)C1CC1. The molecule has 0 radical (unpaired) electrons. The van der Waals surface area contributed by atoms with Gasteiger partial charge in [-0.2, -0.15) is 0 Å². The van der Waals surface area contributed by atoms with Crippen LogP contribution in [0.2, 0.25) is 5.02 Å². The maximum Gasteiger partial charge on any atom is 0.129 e. The van der Waals surface area contributed by atoms with Crippen molar-refractivity contribution in [1.82, 2.24) is 14.9 Å². The van der Waals surface area contributed by atoms with Crippen LogP contribution in [0.3, 0.4) is 0 Å². The summed E-state index contributed by atoms with van der Waals surface area (Å²) in [7, 11) is 0. The van der Waals surface area contributed by atoms with Gasteiger partial charge in [0, 0.05) is 35.4 Å². The number of aromatic amines is 1. The van der Waals surface area contributed by atoms with E-state index < -0.39 is 0 Å². The van der Waals surface area contributed by atoms with Gasteiger partial charge in [0.2, 0.25) is 0 Å². The topological polar surface area (TPSA) is 31.9 Å². The molecule has 1 aromatic heterocycles. The fourth-order valence-corrected chi connectivity index (χ4v) is 2.60. The molecule has 0 amide bonds. The number of nitrogens with zero attached hydrogens (tertiary/aromatic N) is 2. The molecule has 3 rings (SSSR count). The minimum absolute atomic E-state index is 0.234. The van der Waals surface area contributed by atoms with E-state index in [1.54, 1.807) is 18.5 Å². The Labute approximate surface area is 122 Å². The van der Waals surface area contributed by atoms with Crippen molar-refractivity contribution in [1.29, 1.82) is 0 Å². The van der Waals surface area contributed by atoms with Crippen molar-refractivity contribution in [2.45, 2.75) is 38.9 Å². The van der Waals surface area contributed by atoms with Crippen LogP contribution in [0.5, 0.6) is 0 Å². The highest BCUT2D eigenvalue weighted by Crippen LogP contribution is 2.31. The zero-order valence-corrected chi connectivity index (χ0v) is 12.1. The third kappa shape index (κ3) is 2.86. The fraction of sp³-hybridized carbons (Fsp3) is 0.400. The monoisotopic (exact) mass is 293 g/mol. The van der Waals surface area contributed by atoms with E-state index in [0.717, 1.165) is 30.8 Å². The van der Waals surface area contributed by atoms with Crippen molar-refractivity contribution in [3.63, 3.8) is 0 Å². The van der Waals surface area contributed by atoms with Crippen LogP contribution in [-0.2, 0) is 13.1 Å². The van der Waals surface area contributed by atoms with E-state index >= 15 is 0 Å². The van der Waals surface area contributed by atoms with Crippen LogP contribution in [0.1, 0.15) is 29.8 Å². The molecule has 1 heterocycles. The van der Waals surface area contributed by atoms with Gasteiger partial charge in [-0.05, 0) is 31.9 Å². The molecule has 1 saturated carbocycles. The Hall–Kier alpha value is -1.39. The van der Waals surface area contributed by atoms with E-state index in [-0.39, 0.29) is 5.82 Å². The molecule has 2 aromatic rings. The van der Waals surface area contributed by atoms with Gasteiger partial charge >= 0.3 is 0 Å². The quantitative estimate of drug-likeness (QED) is 0.912. The Bertz CT molecular complexity index is 587. The zero-order valence-electron chi connectivity index (χ0n) is 11.4. The lowest BCUT2D eigenvalue weighted by molar-refractivity contribution is 0.239. The second kappa shape index (κ2) is 5.54. The number of benzene rings is 1. The molecule has 1 aliphatic rings. The van der Waals surface area contributed by atoms with Gasteiger partial charge < -0.3 is 4.98 Å². The molecule has 0 aliphatic heterocycles. The van der Waals surface area contributed by atoms with Crippen molar-refractivity contribution in [3.05, 3.63) is 52.3 Å². The Kier molecular flexibility index (Phi) is 3.76. The van der Waals surface area contributed by atoms with Gasteiger partial charge in [-0.15, -0.1) is 0 Å². The minimum Gasteiger partial charge on any atom is -0.348 e. The number of nitrogens with one attached hydrogen (secondary N) is 1. The van der Waals surface area contributed by atoms with Crippen LogP contribution in [0.4, 0.5) is 4.39 Å². The van der Waals surface area contributed by atoms with Gasteiger partial charge in [-0.3, -0.25) is 4.90 Å². The normalized spacial score (nSPS) is 15.0. The van der Waals surface area contributed by atoms with Gasteiger partial charge in [0.15, 0.2) is 0 Å². The van der Waals surface area contributed by atoms with E-state index in [2.05, 4.69) is 14.9 Å². The maximum atomic E-state index is 13.9. The smallest absolute Gasteiger partial charge is 0.129 e. The molecular weight excluding hydrogens is 277 g/mol. The molecule has 1 aliphatic carbocycles. The second-order valence-corrected chi connectivity index (χ2v) is 5.72. The molecule has 3 nitrogen and oxygen atoms in total. The summed E-state index contributed by atoms with van der Waals surface area (Å²) in [6.07, 6.45) is 4.02. The number of rotatable bonds is 5. The number of aromatic nitrogens is 2. The van der Waals surface area contributed by atoms with Crippen LogP contribution in [-0.4, -0.2) is 20.9 Å². The molecule has 1 aromatic carbocycles. The first-order valence-electron chi connectivity index (χ1n) is 6.81. The number of H-pyrrole nitrogens is 1. The van der Waals surface area contributed by atoms with Gasteiger partial charge in [0.25, 0.3) is 0 Å². The summed E-state index contributed by atoms with van der Waals surface area (Å²) in [5, 5.41) is 0.495. The summed E-state index contributed by atoms with van der Waals surface area (Å²) in [6.45, 7) is 3.26. The highest BCUT2D eigenvalue weighted by Gasteiger charge is 2.30. The zero-order chi connectivity index (χ0) is 14.1. The predicted molar refractivity (Wildman–Crippen MR) is 77.0 cm³/mol. The van der Waals surface area contributed by atoms with Crippen LogP contribution >= 0.6 is 11.6 Å². The average Bonchev–Trinajstić information content (AvgIpc) is 3.18. The van der Waals surface area contributed by atoms with Crippen LogP contribution in [0.15, 0.2) is 24.5 Å². The summed E-state index contributed by atoms with van der Waals surface area (Å²) >= 11 is 6.12. The number of hydrogen-bond acceptors (Lipinski definition) is 2. The largest absolute Gasteiger partial charge is 0.348 e. The third-order valence-corrected chi connectivity index (χ3v) is 4.13. The molecule has 0 bridgehead atoms.